The van der Waals surface area contributed by atoms with E-state index in [1.54, 1.807) is 24.3 Å². The minimum Gasteiger partial charge on any atom is -0.497 e. The van der Waals surface area contributed by atoms with Gasteiger partial charge < -0.3 is 9.64 Å². The third-order valence-corrected chi connectivity index (χ3v) is 5.92. The predicted octanol–water partition coefficient (Wildman–Crippen LogP) is 2.01. The second-order valence-electron chi connectivity index (χ2n) is 5.66. The van der Waals surface area contributed by atoms with Gasteiger partial charge in [0.05, 0.1) is 19.3 Å². The van der Waals surface area contributed by atoms with Crippen LogP contribution in [0.2, 0.25) is 0 Å². The van der Waals surface area contributed by atoms with E-state index >= 15 is 0 Å². The van der Waals surface area contributed by atoms with Crippen molar-refractivity contribution in [1.29, 1.82) is 0 Å². The van der Waals surface area contributed by atoms with Crippen molar-refractivity contribution in [2.24, 2.45) is 0 Å². The lowest BCUT2D eigenvalue weighted by atomic mass is 10.2. The Hall–Kier alpha value is -1.81. The van der Waals surface area contributed by atoms with E-state index in [0.29, 0.717) is 11.4 Å². The molecule has 0 N–H and O–H groups in total. The van der Waals surface area contributed by atoms with E-state index in [-0.39, 0.29) is 13.1 Å². The Morgan fingerprint density at radius 3 is 2.32 bits per heavy atom. The number of rotatable bonds is 5. The first-order valence-corrected chi connectivity index (χ1v) is 9.18. The summed E-state index contributed by atoms with van der Waals surface area (Å²) in [6.07, 6.45) is -6.00. The molecule has 1 aliphatic rings. The molecule has 1 heterocycles. The summed E-state index contributed by atoms with van der Waals surface area (Å²) in [5.41, 5.74) is 0.574. The lowest BCUT2D eigenvalue weighted by molar-refractivity contribution is -0.130. The highest BCUT2D eigenvalue weighted by atomic mass is 32.2. The summed E-state index contributed by atoms with van der Waals surface area (Å²) in [5, 5.41) is 0. The molecular weight excluding hydrogens is 361 g/mol. The first kappa shape index (κ1) is 19.5. The number of halogens is 3. The van der Waals surface area contributed by atoms with Gasteiger partial charge in [0, 0.05) is 18.8 Å². The molecule has 25 heavy (non-hydrogen) atoms. The van der Waals surface area contributed by atoms with Crippen LogP contribution in [0.5, 0.6) is 5.75 Å². The number of piperazine rings is 1. The lowest BCUT2D eigenvalue weighted by Crippen LogP contribution is -2.58. The topological polar surface area (TPSA) is 66.9 Å². The van der Waals surface area contributed by atoms with Crippen molar-refractivity contribution in [1.82, 2.24) is 4.31 Å². The van der Waals surface area contributed by atoms with Crippen LogP contribution in [0, 0.1) is 0 Å². The van der Waals surface area contributed by atoms with Gasteiger partial charge in [-0.1, -0.05) is 0 Å². The van der Waals surface area contributed by atoms with Crippen LogP contribution in [0.4, 0.5) is 18.9 Å². The van der Waals surface area contributed by atoms with Gasteiger partial charge in [-0.2, -0.15) is 17.5 Å². The highest BCUT2D eigenvalue weighted by molar-refractivity contribution is 7.89. The summed E-state index contributed by atoms with van der Waals surface area (Å²) in [7, 11) is -2.66. The van der Waals surface area contributed by atoms with Gasteiger partial charge in [0.15, 0.2) is 0 Å². The van der Waals surface area contributed by atoms with Crippen LogP contribution in [0.25, 0.3) is 0 Å². The molecule has 0 bridgehead atoms. The van der Waals surface area contributed by atoms with Gasteiger partial charge in [0.1, 0.15) is 11.8 Å². The first-order valence-electron chi connectivity index (χ1n) is 7.57. The molecule has 0 aliphatic carbocycles. The number of sulfonamides is 1. The van der Waals surface area contributed by atoms with Crippen molar-refractivity contribution in [3.8, 4) is 5.75 Å². The highest BCUT2D eigenvalue weighted by Gasteiger charge is 2.40. The van der Waals surface area contributed by atoms with Gasteiger partial charge in [0.25, 0.3) is 0 Å². The number of methoxy groups -OCH3 is 1. The molecule has 6 nitrogen and oxygen atoms in total. The zero-order valence-corrected chi connectivity index (χ0v) is 14.6. The maximum Gasteiger partial charge on any atom is 0.390 e. The summed E-state index contributed by atoms with van der Waals surface area (Å²) in [4.78, 5) is 13.9. The molecule has 1 aromatic carbocycles. The minimum absolute atomic E-state index is 0.0564. The molecule has 0 radical (unpaired) electrons. The summed E-state index contributed by atoms with van der Waals surface area (Å²) in [6.45, 7) is 1.39. The van der Waals surface area contributed by atoms with Crippen molar-refractivity contribution < 1.29 is 31.1 Å². The van der Waals surface area contributed by atoms with Crippen molar-refractivity contribution in [3.05, 3.63) is 24.3 Å². The van der Waals surface area contributed by atoms with Crippen molar-refractivity contribution >= 4 is 21.6 Å². The summed E-state index contributed by atoms with van der Waals surface area (Å²) in [6, 6.07) is 5.60. The monoisotopic (exact) mass is 380 g/mol. The fraction of sp³-hybridized carbons (Fsp3) is 0.533. The Labute approximate surface area is 144 Å². The smallest absolute Gasteiger partial charge is 0.390 e. The zero-order valence-electron chi connectivity index (χ0n) is 13.8. The van der Waals surface area contributed by atoms with E-state index in [1.807, 2.05) is 0 Å². The number of carbonyl (C=O) groups excluding carboxylic acids is 1. The normalized spacial score (nSPS) is 20.0. The van der Waals surface area contributed by atoms with Gasteiger partial charge in [-0.05, 0) is 31.2 Å². The number of nitrogens with zero attached hydrogens (tertiary/aromatic N) is 2. The number of alkyl halides is 3. The summed E-state index contributed by atoms with van der Waals surface area (Å²) in [5.74, 6) is -0.930. The number of anilines is 1. The van der Waals surface area contributed by atoms with Gasteiger partial charge in [-0.3, -0.25) is 4.79 Å². The molecule has 2 rings (SSSR count). The molecule has 0 aromatic heterocycles. The van der Waals surface area contributed by atoms with Crippen molar-refractivity contribution in [3.63, 3.8) is 0 Å². The summed E-state index contributed by atoms with van der Waals surface area (Å²) < 4.78 is 67.1. The predicted molar refractivity (Wildman–Crippen MR) is 86.0 cm³/mol. The second-order valence-corrected chi connectivity index (χ2v) is 7.70. The average Bonchev–Trinajstić information content (AvgIpc) is 2.55. The van der Waals surface area contributed by atoms with Crippen LogP contribution in [0.15, 0.2) is 24.3 Å². The average molecular weight is 380 g/mol. The Kier molecular flexibility index (Phi) is 5.62. The van der Waals surface area contributed by atoms with Gasteiger partial charge >= 0.3 is 6.18 Å². The van der Waals surface area contributed by atoms with Gasteiger partial charge in [-0.15, -0.1) is 0 Å². The first-order chi connectivity index (χ1) is 11.5. The molecule has 1 fully saturated rings. The van der Waals surface area contributed by atoms with E-state index in [1.165, 1.54) is 18.9 Å². The molecule has 140 valence electrons. The molecule has 0 unspecified atom stereocenters. The molecule has 1 aromatic rings. The third kappa shape index (κ3) is 4.63. The van der Waals surface area contributed by atoms with Gasteiger partial charge in [-0.25, -0.2) is 8.42 Å². The Balaban J connectivity index is 2.12. The van der Waals surface area contributed by atoms with E-state index < -0.39 is 40.3 Å². The molecular formula is C15H19F3N2O4S. The maximum absolute atomic E-state index is 12.5. The Morgan fingerprint density at radius 2 is 1.80 bits per heavy atom. The maximum atomic E-state index is 12.5. The van der Waals surface area contributed by atoms with Crippen LogP contribution in [0.1, 0.15) is 13.3 Å². The fourth-order valence-electron chi connectivity index (χ4n) is 2.61. The number of ether oxygens (including phenoxy) is 1. The van der Waals surface area contributed by atoms with E-state index in [0.717, 1.165) is 4.31 Å². The van der Waals surface area contributed by atoms with Crippen LogP contribution in [0.3, 0.4) is 0 Å². The standard InChI is InChI=1S/C15H19F3N2O4S/c1-11-14(21)19(12-3-5-13(24-2)6-4-12)8-9-20(11)25(22,23)10-7-15(16,17)18/h3-6,11H,7-10H2,1-2H3/t11-/m0/s1. The van der Waals surface area contributed by atoms with E-state index in [4.69, 9.17) is 4.74 Å². The minimum atomic E-state index is -4.56. The Bertz CT molecular complexity index is 719. The van der Waals surface area contributed by atoms with E-state index in [9.17, 15) is 26.4 Å². The molecule has 0 saturated carbocycles. The summed E-state index contributed by atoms with van der Waals surface area (Å²) >= 11 is 0. The van der Waals surface area contributed by atoms with Crippen LogP contribution in [-0.4, -0.2) is 56.8 Å². The molecule has 0 spiro atoms. The quantitative estimate of drug-likeness (QED) is 0.784. The van der Waals surface area contributed by atoms with Crippen LogP contribution >= 0.6 is 0 Å². The van der Waals surface area contributed by atoms with Crippen molar-refractivity contribution in [2.75, 3.05) is 30.9 Å². The number of benzene rings is 1. The zero-order chi connectivity index (χ0) is 18.8. The second kappa shape index (κ2) is 7.20. The SMILES string of the molecule is COc1ccc(N2CCN(S(=O)(=O)CCC(F)(F)F)[C@@H](C)C2=O)cc1. The number of hydrogen-bond donors (Lipinski definition) is 0. The fourth-order valence-corrected chi connectivity index (χ4v) is 4.27. The number of carbonyl (C=O) groups is 1. The molecule has 1 aliphatic heterocycles. The Morgan fingerprint density at radius 1 is 1.20 bits per heavy atom. The molecule has 1 atom stereocenters. The van der Waals surface area contributed by atoms with Crippen LogP contribution < -0.4 is 9.64 Å². The van der Waals surface area contributed by atoms with Gasteiger partial charge in [0.2, 0.25) is 15.9 Å². The molecule has 10 heteroatoms. The third-order valence-electron chi connectivity index (χ3n) is 3.98. The van der Waals surface area contributed by atoms with Crippen LogP contribution in [-0.2, 0) is 14.8 Å². The van der Waals surface area contributed by atoms with E-state index in [2.05, 4.69) is 0 Å². The largest absolute Gasteiger partial charge is 0.497 e. The molecule has 1 amide bonds. The number of amides is 1. The lowest BCUT2D eigenvalue weighted by Gasteiger charge is -2.38. The molecule has 1 saturated heterocycles. The number of hydrogen-bond acceptors (Lipinski definition) is 4. The highest BCUT2D eigenvalue weighted by Crippen LogP contribution is 2.26. The van der Waals surface area contributed by atoms with Crippen molar-refractivity contribution in [2.45, 2.75) is 25.6 Å².